The van der Waals surface area contributed by atoms with Crippen molar-refractivity contribution in [1.82, 2.24) is 10.2 Å². The summed E-state index contributed by atoms with van der Waals surface area (Å²) < 4.78 is 5.79. The van der Waals surface area contributed by atoms with Crippen molar-refractivity contribution in [3.63, 3.8) is 0 Å². The standard InChI is InChI=1S/C17H26N2O2/c1-13-6-5-10-19(12-13)17(20)18-9-11-21-16-14(2)7-4-8-15(16)3/h4,7-8,13H,5-6,9-12H2,1-3H3,(H,18,20). The molecular formula is C17H26N2O2. The smallest absolute Gasteiger partial charge is 0.317 e. The van der Waals surface area contributed by atoms with Crippen LogP contribution in [0.3, 0.4) is 0 Å². The van der Waals surface area contributed by atoms with Crippen molar-refractivity contribution >= 4 is 6.03 Å². The van der Waals surface area contributed by atoms with E-state index >= 15 is 0 Å². The molecule has 1 N–H and O–H groups in total. The fraction of sp³-hybridized carbons (Fsp3) is 0.588. The number of urea groups is 1. The van der Waals surface area contributed by atoms with Gasteiger partial charge in [-0.3, -0.25) is 0 Å². The summed E-state index contributed by atoms with van der Waals surface area (Å²) in [5, 5.41) is 2.94. The summed E-state index contributed by atoms with van der Waals surface area (Å²) in [6, 6.07) is 6.13. The second-order valence-corrected chi connectivity index (χ2v) is 5.99. The van der Waals surface area contributed by atoms with E-state index in [9.17, 15) is 4.79 Å². The Hall–Kier alpha value is -1.71. The van der Waals surface area contributed by atoms with Gasteiger partial charge in [-0.1, -0.05) is 25.1 Å². The molecule has 2 amide bonds. The number of ether oxygens (including phenoxy) is 1. The molecule has 1 aromatic carbocycles. The number of carbonyl (C=O) groups is 1. The lowest BCUT2D eigenvalue weighted by atomic mass is 10.0. The Balaban J connectivity index is 1.73. The highest BCUT2D eigenvalue weighted by Crippen LogP contribution is 2.22. The molecular weight excluding hydrogens is 264 g/mol. The normalized spacial score (nSPS) is 18.4. The first-order valence-corrected chi connectivity index (χ1v) is 7.79. The molecule has 1 aromatic rings. The summed E-state index contributed by atoms with van der Waals surface area (Å²) in [7, 11) is 0. The second kappa shape index (κ2) is 7.34. The topological polar surface area (TPSA) is 41.6 Å². The number of hydrogen-bond acceptors (Lipinski definition) is 2. The Kier molecular flexibility index (Phi) is 5.48. The lowest BCUT2D eigenvalue weighted by Crippen LogP contribution is -2.45. The number of nitrogens with one attached hydrogen (secondary N) is 1. The van der Waals surface area contributed by atoms with Crippen LogP contribution in [0.25, 0.3) is 0 Å². The highest BCUT2D eigenvalue weighted by molar-refractivity contribution is 5.74. The van der Waals surface area contributed by atoms with E-state index in [2.05, 4.69) is 12.2 Å². The molecule has 2 rings (SSSR count). The second-order valence-electron chi connectivity index (χ2n) is 5.99. The van der Waals surface area contributed by atoms with E-state index < -0.39 is 0 Å². The Labute approximate surface area is 127 Å². The number of benzene rings is 1. The van der Waals surface area contributed by atoms with Crippen molar-refractivity contribution in [2.75, 3.05) is 26.2 Å². The third-order valence-electron chi connectivity index (χ3n) is 3.98. The number of likely N-dealkylation sites (tertiary alicyclic amines) is 1. The van der Waals surface area contributed by atoms with Crippen molar-refractivity contribution in [3.05, 3.63) is 29.3 Å². The quantitative estimate of drug-likeness (QED) is 0.866. The van der Waals surface area contributed by atoms with E-state index in [0.29, 0.717) is 19.1 Å². The average Bonchev–Trinajstić information content (AvgIpc) is 2.45. The van der Waals surface area contributed by atoms with Crippen molar-refractivity contribution in [2.45, 2.75) is 33.6 Å². The molecule has 1 aliphatic rings. The van der Waals surface area contributed by atoms with E-state index in [4.69, 9.17) is 4.74 Å². The lowest BCUT2D eigenvalue weighted by molar-refractivity contribution is 0.167. The molecule has 116 valence electrons. The van der Waals surface area contributed by atoms with Crippen LogP contribution in [0.4, 0.5) is 4.79 Å². The summed E-state index contributed by atoms with van der Waals surface area (Å²) in [5.74, 6) is 1.54. The highest BCUT2D eigenvalue weighted by Gasteiger charge is 2.20. The van der Waals surface area contributed by atoms with Crippen LogP contribution in [0.2, 0.25) is 0 Å². The fourth-order valence-corrected chi connectivity index (χ4v) is 2.82. The molecule has 1 saturated heterocycles. The molecule has 4 heteroatoms. The Morgan fingerprint density at radius 3 is 2.76 bits per heavy atom. The minimum atomic E-state index is 0.0339. The van der Waals surface area contributed by atoms with Gasteiger partial charge < -0.3 is 15.0 Å². The zero-order valence-corrected chi connectivity index (χ0v) is 13.3. The molecule has 21 heavy (non-hydrogen) atoms. The van der Waals surface area contributed by atoms with Crippen LogP contribution in [0.15, 0.2) is 18.2 Å². The lowest BCUT2D eigenvalue weighted by Gasteiger charge is -2.30. The maximum absolute atomic E-state index is 12.0. The molecule has 0 aliphatic carbocycles. The van der Waals surface area contributed by atoms with Gasteiger partial charge in [-0.15, -0.1) is 0 Å². The molecule has 4 nitrogen and oxygen atoms in total. The Bertz CT molecular complexity index is 467. The molecule has 1 atom stereocenters. The van der Waals surface area contributed by atoms with Crippen molar-refractivity contribution in [3.8, 4) is 5.75 Å². The van der Waals surface area contributed by atoms with Gasteiger partial charge in [0.2, 0.25) is 0 Å². The minimum Gasteiger partial charge on any atom is -0.491 e. The number of rotatable bonds is 4. The monoisotopic (exact) mass is 290 g/mol. The molecule has 0 saturated carbocycles. The molecule has 0 bridgehead atoms. The van der Waals surface area contributed by atoms with E-state index in [-0.39, 0.29) is 6.03 Å². The number of nitrogens with zero attached hydrogens (tertiary/aromatic N) is 1. The summed E-state index contributed by atoms with van der Waals surface area (Å²) >= 11 is 0. The zero-order valence-electron chi connectivity index (χ0n) is 13.3. The van der Waals surface area contributed by atoms with Gasteiger partial charge in [-0.25, -0.2) is 4.79 Å². The SMILES string of the molecule is Cc1cccc(C)c1OCCNC(=O)N1CCCC(C)C1. The first kappa shape index (κ1) is 15.7. The van der Waals surface area contributed by atoms with Crippen molar-refractivity contribution in [2.24, 2.45) is 5.92 Å². The third-order valence-corrected chi connectivity index (χ3v) is 3.98. The summed E-state index contributed by atoms with van der Waals surface area (Å²) in [6.07, 6.45) is 2.33. The molecule has 1 unspecified atom stereocenters. The van der Waals surface area contributed by atoms with Crippen molar-refractivity contribution < 1.29 is 9.53 Å². The van der Waals surface area contributed by atoms with Crippen molar-refractivity contribution in [1.29, 1.82) is 0 Å². The van der Waals surface area contributed by atoms with Gasteiger partial charge in [0.1, 0.15) is 12.4 Å². The van der Waals surface area contributed by atoms with Crippen LogP contribution in [0, 0.1) is 19.8 Å². The molecule has 1 aliphatic heterocycles. The van der Waals surface area contributed by atoms with Gasteiger partial charge in [0, 0.05) is 13.1 Å². The average molecular weight is 290 g/mol. The zero-order chi connectivity index (χ0) is 15.2. The van der Waals surface area contributed by atoms with Crippen LogP contribution >= 0.6 is 0 Å². The molecule has 0 spiro atoms. The maximum Gasteiger partial charge on any atom is 0.317 e. The minimum absolute atomic E-state index is 0.0339. The Morgan fingerprint density at radius 2 is 2.10 bits per heavy atom. The highest BCUT2D eigenvalue weighted by atomic mass is 16.5. The fourth-order valence-electron chi connectivity index (χ4n) is 2.82. The molecule has 1 fully saturated rings. The molecule has 0 radical (unpaired) electrons. The number of aryl methyl sites for hydroxylation is 2. The summed E-state index contributed by atoms with van der Waals surface area (Å²) in [4.78, 5) is 14.0. The van der Waals surface area contributed by atoms with Gasteiger partial charge in [-0.05, 0) is 43.7 Å². The van der Waals surface area contributed by atoms with Crippen LogP contribution in [-0.2, 0) is 0 Å². The van der Waals surface area contributed by atoms with Gasteiger partial charge in [0.15, 0.2) is 0 Å². The number of hydrogen-bond donors (Lipinski definition) is 1. The summed E-state index contributed by atoms with van der Waals surface area (Å²) in [5.41, 5.74) is 2.26. The van der Waals surface area contributed by atoms with Crippen LogP contribution in [-0.4, -0.2) is 37.2 Å². The van der Waals surface area contributed by atoms with Gasteiger partial charge >= 0.3 is 6.03 Å². The van der Waals surface area contributed by atoms with E-state index in [1.807, 2.05) is 36.9 Å². The van der Waals surface area contributed by atoms with E-state index in [1.165, 1.54) is 6.42 Å². The predicted molar refractivity (Wildman–Crippen MR) is 84.8 cm³/mol. The first-order chi connectivity index (χ1) is 10.1. The first-order valence-electron chi connectivity index (χ1n) is 7.79. The molecule has 0 aromatic heterocycles. The predicted octanol–water partition coefficient (Wildman–Crippen LogP) is 3.12. The number of para-hydroxylation sites is 1. The maximum atomic E-state index is 12.0. The molecule has 1 heterocycles. The third kappa shape index (κ3) is 4.38. The van der Waals surface area contributed by atoms with Gasteiger partial charge in [0.05, 0.1) is 6.54 Å². The number of carbonyl (C=O) groups excluding carboxylic acids is 1. The van der Waals surface area contributed by atoms with E-state index in [1.54, 1.807) is 0 Å². The van der Waals surface area contributed by atoms with Crippen LogP contribution < -0.4 is 10.1 Å². The van der Waals surface area contributed by atoms with Gasteiger partial charge in [0.25, 0.3) is 0 Å². The van der Waals surface area contributed by atoms with Gasteiger partial charge in [-0.2, -0.15) is 0 Å². The number of amides is 2. The summed E-state index contributed by atoms with van der Waals surface area (Å²) in [6.45, 7) is 9.05. The van der Waals surface area contributed by atoms with Crippen LogP contribution in [0.1, 0.15) is 30.9 Å². The largest absolute Gasteiger partial charge is 0.491 e. The number of piperidine rings is 1. The van der Waals surface area contributed by atoms with E-state index in [0.717, 1.165) is 36.4 Å². The Morgan fingerprint density at radius 1 is 1.38 bits per heavy atom. The van der Waals surface area contributed by atoms with Crippen LogP contribution in [0.5, 0.6) is 5.75 Å².